The van der Waals surface area contributed by atoms with Gasteiger partial charge in [-0.3, -0.25) is 5.10 Å². The van der Waals surface area contributed by atoms with Crippen molar-refractivity contribution >= 4 is 43.5 Å². The third-order valence-electron chi connectivity index (χ3n) is 4.74. The molecule has 2 aromatic heterocycles. The van der Waals surface area contributed by atoms with E-state index in [0.717, 1.165) is 16.3 Å². The number of aromatic amines is 1. The van der Waals surface area contributed by atoms with Crippen molar-refractivity contribution in [3.8, 4) is 11.4 Å². The van der Waals surface area contributed by atoms with Gasteiger partial charge in [0.05, 0.1) is 15.9 Å². The maximum Gasteiger partial charge on any atom is 0.238 e. The smallest absolute Gasteiger partial charge is 0.238 e. The van der Waals surface area contributed by atoms with Crippen molar-refractivity contribution < 1.29 is 8.42 Å². The van der Waals surface area contributed by atoms with E-state index >= 15 is 0 Å². The van der Waals surface area contributed by atoms with E-state index in [4.69, 9.17) is 5.14 Å². The van der Waals surface area contributed by atoms with Gasteiger partial charge in [0.25, 0.3) is 0 Å². The summed E-state index contributed by atoms with van der Waals surface area (Å²) in [6, 6.07) is 21.6. The Morgan fingerprint density at radius 2 is 1.50 bits per heavy atom. The molecule has 0 spiro atoms. The second-order valence-electron chi connectivity index (χ2n) is 6.70. The maximum absolute atomic E-state index is 12.1. The average molecular weight is 416 g/mol. The van der Waals surface area contributed by atoms with Gasteiger partial charge < -0.3 is 5.32 Å². The Morgan fingerprint density at radius 1 is 0.800 bits per heavy atom. The molecule has 2 heterocycles. The summed E-state index contributed by atoms with van der Waals surface area (Å²) in [5.41, 5.74) is 1.88. The van der Waals surface area contributed by atoms with Crippen LogP contribution >= 0.6 is 0 Å². The van der Waals surface area contributed by atoms with E-state index in [1.807, 2.05) is 48.5 Å². The topological polar surface area (TPSA) is 127 Å². The first kappa shape index (κ1) is 18.2. The van der Waals surface area contributed by atoms with E-state index in [1.54, 1.807) is 18.2 Å². The number of anilines is 2. The molecular formula is C21H16N6O2S. The van der Waals surface area contributed by atoms with Crippen molar-refractivity contribution in [2.24, 2.45) is 5.14 Å². The van der Waals surface area contributed by atoms with Crippen LogP contribution in [0, 0.1) is 0 Å². The van der Waals surface area contributed by atoms with Gasteiger partial charge in [-0.2, -0.15) is 5.10 Å². The fraction of sp³-hybridized carbons (Fsp3) is 0. The molecular weight excluding hydrogens is 400 g/mol. The highest BCUT2D eigenvalue weighted by atomic mass is 32.2. The van der Waals surface area contributed by atoms with E-state index in [-0.39, 0.29) is 10.7 Å². The van der Waals surface area contributed by atoms with Crippen LogP contribution < -0.4 is 10.5 Å². The van der Waals surface area contributed by atoms with Crippen LogP contribution in [0.1, 0.15) is 0 Å². The lowest BCUT2D eigenvalue weighted by Crippen LogP contribution is -2.14. The Kier molecular flexibility index (Phi) is 4.19. The molecule has 0 amide bonds. The minimum absolute atomic E-state index is 0.0311. The molecule has 0 saturated heterocycles. The molecule has 0 unspecified atom stereocenters. The lowest BCUT2D eigenvalue weighted by atomic mass is 10.1. The Balaban J connectivity index is 1.72. The largest absolute Gasteiger partial charge is 0.322 e. The number of sulfonamides is 1. The number of primary sulfonamides is 1. The first-order valence-corrected chi connectivity index (χ1v) is 10.6. The summed E-state index contributed by atoms with van der Waals surface area (Å²) < 4.78 is 24.1. The second-order valence-corrected chi connectivity index (χ2v) is 8.23. The van der Waals surface area contributed by atoms with Crippen molar-refractivity contribution in [2.75, 3.05) is 5.32 Å². The van der Waals surface area contributed by atoms with Crippen LogP contribution in [0.25, 0.3) is 33.2 Å². The standard InChI is InChI=1S/C21H16N6O2S/c22-30(28,29)18-12-6-3-9-15(18)20-23-16-10-4-1-7-13(16)19(24-20)25-21-14-8-2-5-11-17(14)26-27-21/h1-12H,(H2,22,28,29)(H2,23,24,25,26,27). The number of hydrogen-bond donors (Lipinski definition) is 3. The Hall–Kier alpha value is -3.82. The number of nitrogens with one attached hydrogen (secondary N) is 2. The van der Waals surface area contributed by atoms with E-state index in [2.05, 4.69) is 25.5 Å². The SMILES string of the molecule is NS(=O)(=O)c1ccccc1-c1nc(Nc2n[nH]c3ccccc23)c2ccccc2n1. The van der Waals surface area contributed by atoms with Crippen LogP contribution in [0.2, 0.25) is 0 Å². The lowest BCUT2D eigenvalue weighted by molar-refractivity contribution is 0.598. The molecule has 148 valence electrons. The minimum Gasteiger partial charge on any atom is -0.322 e. The predicted octanol–water partition coefficient (Wildman–Crippen LogP) is 3.56. The highest BCUT2D eigenvalue weighted by Crippen LogP contribution is 2.31. The molecule has 3 aromatic carbocycles. The van der Waals surface area contributed by atoms with Gasteiger partial charge in [0, 0.05) is 16.3 Å². The summed E-state index contributed by atoms with van der Waals surface area (Å²) in [7, 11) is -3.94. The van der Waals surface area contributed by atoms with Gasteiger partial charge in [0.1, 0.15) is 5.82 Å². The maximum atomic E-state index is 12.1. The number of hydrogen-bond acceptors (Lipinski definition) is 6. The van der Waals surface area contributed by atoms with Crippen LogP contribution in [-0.4, -0.2) is 28.6 Å². The normalized spacial score (nSPS) is 11.8. The second kappa shape index (κ2) is 6.90. The van der Waals surface area contributed by atoms with Crippen LogP contribution in [0.5, 0.6) is 0 Å². The molecule has 0 saturated carbocycles. The van der Waals surface area contributed by atoms with E-state index in [0.29, 0.717) is 22.7 Å². The number of aromatic nitrogens is 4. The highest BCUT2D eigenvalue weighted by Gasteiger charge is 2.19. The molecule has 0 radical (unpaired) electrons. The van der Waals surface area contributed by atoms with Crippen LogP contribution in [0.4, 0.5) is 11.6 Å². The van der Waals surface area contributed by atoms with Gasteiger partial charge in [-0.25, -0.2) is 23.5 Å². The number of benzene rings is 3. The fourth-order valence-electron chi connectivity index (χ4n) is 3.36. The van der Waals surface area contributed by atoms with Gasteiger partial charge >= 0.3 is 0 Å². The summed E-state index contributed by atoms with van der Waals surface area (Å²) in [5, 5.41) is 17.7. The Morgan fingerprint density at radius 3 is 2.33 bits per heavy atom. The quantitative estimate of drug-likeness (QED) is 0.411. The number of H-pyrrole nitrogens is 1. The van der Waals surface area contributed by atoms with Crippen molar-refractivity contribution in [1.29, 1.82) is 0 Å². The Labute approximate surface area is 171 Å². The van der Waals surface area contributed by atoms with Gasteiger partial charge in [-0.05, 0) is 36.4 Å². The molecule has 0 atom stereocenters. The van der Waals surface area contributed by atoms with Gasteiger partial charge in [-0.15, -0.1) is 0 Å². The summed E-state index contributed by atoms with van der Waals surface area (Å²) in [6.45, 7) is 0. The number of nitrogens with two attached hydrogens (primary N) is 1. The molecule has 0 aliphatic heterocycles. The summed E-state index contributed by atoms with van der Waals surface area (Å²) in [5.74, 6) is 1.37. The summed E-state index contributed by atoms with van der Waals surface area (Å²) in [6.07, 6.45) is 0. The third kappa shape index (κ3) is 3.15. The van der Waals surface area contributed by atoms with Crippen LogP contribution in [0.15, 0.2) is 77.7 Å². The number of rotatable bonds is 4. The van der Waals surface area contributed by atoms with Gasteiger partial charge in [0.2, 0.25) is 10.0 Å². The zero-order valence-corrected chi connectivity index (χ0v) is 16.4. The lowest BCUT2D eigenvalue weighted by Gasteiger charge is -2.11. The van der Waals surface area contributed by atoms with Crippen LogP contribution in [0.3, 0.4) is 0 Å². The molecule has 0 bridgehead atoms. The predicted molar refractivity (Wildman–Crippen MR) is 116 cm³/mol. The summed E-state index contributed by atoms with van der Waals surface area (Å²) >= 11 is 0. The number of nitrogens with zero attached hydrogens (tertiary/aromatic N) is 3. The Bertz CT molecular complexity index is 1510. The molecule has 0 aliphatic rings. The van der Waals surface area contributed by atoms with E-state index in [1.165, 1.54) is 6.07 Å². The monoisotopic (exact) mass is 416 g/mol. The van der Waals surface area contributed by atoms with Crippen LogP contribution in [-0.2, 0) is 10.0 Å². The average Bonchev–Trinajstić information content (AvgIpc) is 3.16. The molecule has 0 aliphatic carbocycles. The van der Waals surface area contributed by atoms with Crippen molar-refractivity contribution in [3.05, 3.63) is 72.8 Å². The third-order valence-corrected chi connectivity index (χ3v) is 5.71. The van der Waals surface area contributed by atoms with E-state index in [9.17, 15) is 8.42 Å². The molecule has 4 N–H and O–H groups in total. The molecule has 5 rings (SSSR count). The van der Waals surface area contributed by atoms with Crippen molar-refractivity contribution in [2.45, 2.75) is 4.90 Å². The fourth-order valence-corrected chi connectivity index (χ4v) is 4.10. The number of para-hydroxylation sites is 2. The number of fused-ring (bicyclic) bond motifs is 2. The molecule has 0 fully saturated rings. The molecule has 5 aromatic rings. The van der Waals surface area contributed by atoms with Crippen molar-refractivity contribution in [1.82, 2.24) is 20.2 Å². The zero-order chi connectivity index (χ0) is 20.7. The van der Waals surface area contributed by atoms with E-state index < -0.39 is 10.0 Å². The van der Waals surface area contributed by atoms with Gasteiger partial charge in [0.15, 0.2) is 11.6 Å². The molecule has 8 nitrogen and oxygen atoms in total. The minimum atomic E-state index is -3.94. The summed E-state index contributed by atoms with van der Waals surface area (Å²) in [4.78, 5) is 9.17. The first-order chi connectivity index (χ1) is 14.5. The highest BCUT2D eigenvalue weighted by molar-refractivity contribution is 7.89. The first-order valence-electron chi connectivity index (χ1n) is 9.10. The zero-order valence-electron chi connectivity index (χ0n) is 15.6. The molecule has 30 heavy (non-hydrogen) atoms. The van der Waals surface area contributed by atoms with Gasteiger partial charge in [-0.1, -0.05) is 36.4 Å². The van der Waals surface area contributed by atoms with Crippen molar-refractivity contribution in [3.63, 3.8) is 0 Å². The molecule has 9 heteroatoms.